The molecule has 6 nitrogen and oxygen atoms in total. The molecule has 9 heteroatoms. The highest BCUT2D eigenvalue weighted by Crippen LogP contribution is 2.40. The summed E-state index contributed by atoms with van der Waals surface area (Å²) in [6, 6.07) is 17.2. The van der Waals surface area contributed by atoms with E-state index in [-0.39, 0.29) is 24.3 Å². The monoisotopic (exact) mass is 516 g/mol. The maximum Gasteiger partial charge on any atom is 0.229 e. The van der Waals surface area contributed by atoms with Crippen LogP contribution in [-0.2, 0) is 17.3 Å². The maximum atomic E-state index is 13.9. The zero-order chi connectivity index (χ0) is 25.4. The van der Waals surface area contributed by atoms with E-state index < -0.39 is 50.5 Å². The van der Waals surface area contributed by atoms with Crippen molar-refractivity contribution >= 4 is 8.15 Å². The molecule has 0 saturated carbocycles. The first-order chi connectivity index (χ1) is 17.3. The lowest BCUT2D eigenvalue weighted by Crippen LogP contribution is -2.59. The highest BCUT2D eigenvalue weighted by molar-refractivity contribution is 7.50. The van der Waals surface area contributed by atoms with E-state index in [9.17, 15) is 29.0 Å². The summed E-state index contributed by atoms with van der Waals surface area (Å²) in [6.45, 7) is 0. The molecule has 0 spiro atoms. The molecule has 0 aromatic heterocycles. The standard InChI is InChI=1S/C27H27F2O6P/c28-21-6-3-7-22(29)20(21)14-36(33)11-10-23-24(30)25(31)26(32)27(35-23)34-17-8-9-19-16(13-17)12-15-4-1-2-5-18(15)19/h1-9,13,23-27,30-33H,10-12,14H2/t23?,24-,25?,26?,27+,36?/m1/s1. The number of ether oxygens (including phenoxy) is 2. The van der Waals surface area contributed by atoms with Crippen LogP contribution < -0.4 is 4.74 Å². The van der Waals surface area contributed by atoms with Gasteiger partial charge >= 0.3 is 0 Å². The molecule has 1 saturated heterocycles. The Morgan fingerprint density at radius 2 is 1.58 bits per heavy atom. The molecule has 0 amide bonds. The van der Waals surface area contributed by atoms with Crippen molar-refractivity contribution in [3.8, 4) is 16.9 Å². The molecule has 1 fully saturated rings. The summed E-state index contributed by atoms with van der Waals surface area (Å²) in [7, 11) is -1.80. The number of rotatable bonds is 7. The van der Waals surface area contributed by atoms with Crippen molar-refractivity contribution in [3.63, 3.8) is 0 Å². The predicted octanol–water partition coefficient (Wildman–Crippen LogP) is 3.70. The van der Waals surface area contributed by atoms with Gasteiger partial charge in [0, 0.05) is 19.9 Å². The normalized spacial score (nSPS) is 25.8. The molecule has 0 bridgehead atoms. The lowest BCUT2D eigenvalue weighted by molar-refractivity contribution is -0.272. The Bertz CT molecular complexity index is 1220. The number of benzene rings is 3. The van der Waals surface area contributed by atoms with Crippen LogP contribution in [0.5, 0.6) is 5.75 Å². The van der Waals surface area contributed by atoms with Gasteiger partial charge in [-0.25, -0.2) is 8.78 Å². The molecular formula is C27H27F2O6P. The average molecular weight is 516 g/mol. The number of halogens is 2. The molecule has 0 radical (unpaired) electrons. The number of aliphatic hydroxyl groups excluding tert-OH is 3. The van der Waals surface area contributed by atoms with Gasteiger partial charge in [-0.3, -0.25) is 0 Å². The first-order valence-corrected chi connectivity index (χ1v) is 13.4. The summed E-state index contributed by atoms with van der Waals surface area (Å²) in [5.41, 5.74) is 4.38. The van der Waals surface area contributed by atoms with Crippen molar-refractivity contribution in [2.45, 2.75) is 49.7 Å². The third-order valence-corrected chi connectivity index (χ3v) is 8.22. The van der Waals surface area contributed by atoms with Gasteiger partial charge < -0.3 is 29.7 Å². The van der Waals surface area contributed by atoms with E-state index in [1.165, 1.54) is 17.2 Å². The second kappa shape index (κ2) is 10.5. The lowest BCUT2D eigenvalue weighted by atomic mass is 9.97. The zero-order valence-electron chi connectivity index (χ0n) is 19.3. The van der Waals surface area contributed by atoms with Crippen LogP contribution in [0.3, 0.4) is 0 Å². The molecular weight excluding hydrogens is 489 g/mol. The molecule has 36 heavy (non-hydrogen) atoms. The molecule has 5 rings (SSSR count). The molecule has 6 atom stereocenters. The highest BCUT2D eigenvalue weighted by atomic mass is 31.1. The maximum absolute atomic E-state index is 13.9. The minimum Gasteiger partial charge on any atom is -0.462 e. The van der Waals surface area contributed by atoms with Gasteiger partial charge in [-0.15, -0.1) is 0 Å². The number of hydrogen-bond donors (Lipinski definition) is 4. The van der Waals surface area contributed by atoms with Gasteiger partial charge in [0.25, 0.3) is 0 Å². The Balaban J connectivity index is 1.23. The van der Waals surface area contributed by atoms with E-state index in [2.05, 4.69) is 12.1 Å². The second-order valence-corrected chi connectivity index (χ2v) is 10.9. The van der Waals surface area contributed by atoms with E-state index in [0.29, 0.717) is 5.75 Å². The van der Waals surface area contributed by atoms with Crippen molar-refractivity contribution in [2.75, 3.05) is 6.16 Å². The topological polar surface area (TPSA) is 99.4 Å². The average Bonchev–Trinajstić information content (AvgIpc) is 3.23. The van der Waals surface area contributed by atoms with Crippen LogP contribution in [-0.4, -0.2) is 57.1 Å². The van der Waals surface area contributed by atoms with Crippen LogP contribution in [0.1, 0.15) is 23.1 Å². The fraction of sp³-hybridized carbons (Fsp3) is 0.333. The molecule has 190 valence electrons. The minimum absolute atomic E-state index is 0.0998. The van der Waals surface area contributed by atoms with Crippen molar-refractivity contribution < 1.29 is 38.5 Å². The number of aliphatic hydroxyl groups is 3. The summed E-state index contributed by atoms with van der Waals surface area (Å²) in [5, 5.41) is 31.3. The van der Waals surface area contributed by atoms with Crippen LogP contribution >= 0.6 is 8.15 Å². The highest BCUT2D eigenvalue weighted by Gasteiger charge is 2.45. The first-order valence-electron chi connectivity index (χ1n) is 11.8. The van der Waals surface area contributed by atoms with Gasteiger partial charge in [-0.05, 0) is 65.5 Å². The number of fused-ring (bicyclic) bond motifs is 3. The van der Waals surface area contributed by atoms with Crippen molar-refractivity contribution in [1.82, 2.24) is 0 Å². The van der Waals surface area contributed by atoms with Crippen molar-refractivity contribution in [2.24, 2.45) is 0 Å². The predicted molar refractivity (Wildman–Crippen MR) is 131 cm³/mol. The van der Waals surface area contributed by atoms with Crippen LogP contribution in [0.2, 0.25) is 0 Å². The van der Waals surface area contributed by atoms with Crippen molar-refractivity contribution in [1.29, 1.82) is 0 Å². The van der Waals surface area contributed by atoms with E-state index in [1.54, 1.807) is 6.07 Å². The van der Waals surface area contributed by atoms with Gasteiger partial charge in [0.15, 0.2) is 0 Å². The van der Waals surface area contributed by atoms with Gasteiger partial charge in [-0.2, -0.15) is 0 Å². The van der Waals surface area contributed by atoms with Crippen LogP contribution in [0.25, 0.3) is 11.1 Å². The second-order valence-electron chi connectivity index (χ2n) is 9.16. The van der Waals surface area contributed by atoms with Gasteiger partial charge in [0.2, 0.25) is 6.29 Å². The molecule has 3 aromatic carbocycles. The van der Waals surface area contributed by atoms with Crippen LogP contribution in [0.15, 0.2) is 60.7 Å². The molecule has 4 N–H and O–H groups in total. The summed E-state index contributed by atoms with van der Waals surface area (Å²) < 4.78 is 39.5. The zero-order valence-corrected chi connectivity index (χ0v) is 20.2. The molecule has 3 aromatic rings. The molecule has 4 unspecified atom stereocenters. The molecule has 2 aliphatic rings. The molecule has 1 aliphatic heterocycles. The third kappa shape index (κ3) is 5.02. The van der Waals surface area contributed by atoms with Gasteiger partial charge in [0.1, 0.15) is 35.7 Å². The van der Waals surface area contributed by atoms with Crippen LogP contribution in [0, 0.1) is 11.6 Å². The Kier molecular flexibility index (Phi) is 7.35. The fourth-order valence-corrected chi connectivity index (χ4v) is 6.18. The molecule has 1 aliphatic carbocycles. The fourth-order valence-electron chi connectivity index (χ4n) is 4.80. The SMILES string of the molecule is OC1C(O)[C@H](O)C(CCP(O)Cc2c(F)cccc2F)O[C@@H]1Oc1ccc2c(c1)Cc1ccccc1-2. The molecule has 1 heterocycles. The Hall–Kier alpha value is -2.45. The summed E-state index contributed by atoms with van der Waals surface area (Å²) in [6.07, 6.45) is -5.85. The van der Waals surface area contributed by atoms with E-state index in [4.69, 9.17) is 9.47 Å². The Labute approximate surface area is 208 Å². The quantitative estimate of drug-likeness (QED) is 0.280. The van der Waals surface area contributed by atoms with E-state index >= 15 is 0 Å². The van der Waals surface area contributed by atoms with Crippen molar-refractivity contribution in [3.05, 3.63) is 89.0 Å². The summed E-state index contributed by atoms with van der Waals surface area (Å²) in [4.78, 5) is 10.4. The van der Waals surface area contributed by atoms with Crippen LogP contribution in [0.4, 0.5) is 8.78 Å². The van der Waals surface area contributed by atoms with Gasteiger partial charge in [0.05, 0.1) is 6.10 Å². The largest absolute Gasteiger partial charge is 0.462 e. The first kappa shape index (κ1) is 25.2. The van der Waals surface area contributed by atoms with Gasteiger partial charge in [-0.1, -0.05) is 36.4 Å². The Morgan fingerprint density at radius 3 is 2.36 bits per heavy atom. The minimum atomic E-state index is -1.80. The lowest BCUT2D eigenvalue weighted by Gasteiger charge is -2.40. The Morgan fingerprint density at radius 1 is 0.861 bits per heavy atom. The summed E-state index contributed by atoms with van der Waals surface area (Å²) in [5.74, 6) is -1.00. The van der Waals surface area contributed by atoms with E-state index in [1.807, 2.05) is 24.3 Å². The van der Waals surface area contributed by atoms with E-state index in [0.717, 1.165) is 29.7 Å². The summed E-state index contributed by atoms with van der Waals surface area (Å²) >= 11 is 0. The third-order valence-electron chi connectivity index (χ3n) is 6.76. The smallest absolute Gasteiger partial charge is 0.229 e. The number of hydrogen-bond acceptors (Lipinski definition) is 6.